The van der Waals surface area contributed by atoms with Gasteiger partial charge in [-0.1, -0.05) is 113 Å². The molecule has 0 spiro atoms. The molecule has 2 fully saturated rings. The second kappa shape index (κ2) is 10.2. The van der Waals surface area contributed by atoms with Crippen LogP contribution in [0.25, 0.3) is 0 Å². The van der Waals surface area contributed by atoms with Crippen LogP contribution in [-0.4, -0.2) is 10.2 Å². The first-order valence-electron chi connectivity index (χ1n) is 13.7. The van der Waals surface area contributed by atoms with Gasteiger partial charge in [-0.25, -0.2) is 0 Å². The summed E-state index contributed by atoms with van der Waals surface area (Å²) in [5, 5.41) is 23.5. The lowest BCUT2D eigenvalue weighted by Crippen LogP contribution is -2.26. The summed E-state index contributed by atoms with van der Waals surface area (Å²) in [5.74, 6) is 0.541. The molecule has 0 heterocycles. The summed E-state index contributed by atoms with van der Waals surface area (Å²) in [5.41, 5.74) is 6.19. The van der Waals surface area contributed by atoms with Crippen LogP contribution in [0.3, 0.4) is 0 Å². The molecule has 2 aliphatic carbocycles. The zero-order valence-electron chi connectivity index (χ0n) is 22.3. The van der Waals surface area contributed by atoms with E-state index in [-0.39, 0.29) is 16.7 Å². The minimum Gasteiger partial charge on any atom is -0.507 e. The Hall–Kier alpha value is -2.48. The number of phenols is 2. The quantitative estimate of drug-likeness (QED) is 0.412. The van der Waals surface area contributed by atoms with Crippen LogP contribution in [0.1, 0.15) is 117 Å². The van der Waals surface area contributed by atoms with Crippen LogP contribution in [-0.2, 0) is 10.8 Å². The van der Waals surface area contributed by atoms with Crippen molar-refractivity contribution >= 4 is 0 Å². The molecule has 0 radical (unpaired) electrons. The Morgan fingerprint density at radius 1 is 0.714 bits per heavy atom. The highest BCUT2D eigenvalue weighted by Gasteiger charge is 2.35. The van der Waals surface area contributed by atoms with Crippen molar-refractivity contribution in [3.05, 3.63) is 82.5 Å². The van der Waals surface area contributed by atoms with Gasteiger partial charge in [0.05, 0.1) is 0 Å². The molecule has 0 saturated heterocycles. The van der Waals surface area contributed by atoms with Crippen LogP contribution in [0, 0.1) is 13.8 Å². The maximum Gasteiger partial charge on any atom is 0.123 e. The van der Waals surface area contributed by atoms with Crippen molar-refractivity contribution in [2.24, 2.45) is 0 Å². The van der Waals surface area contributed by atoms with Gasteiger partial charge in [0.25, 0.3) is 0 Å². The van der Waals surface area contributed by atoms with Crippen LogP contribution >= 0.6 is 0 Å². The molecule has 2 aliphatic rings. The SMILES string of the molecule is C=C/C=C/C(c1cc(C)cc(C2(C)CCCCC2)c1O)c1cc(C)cc(C2(C)CCCCC2)c1O. The molecule has 2 saturated carbocycles. The molecule has 35 heavy (non-hydrogen) atoms. The molecule has 2 N–H and O–H groups in total. The predicted molar refractivity (Wildman–Crippen MR) is 148 cm³/mol. The average Bonchev–Trinajstić information content (AvgIpc) is 2.83. The van der Waals surface area contributed by atoms with Gasteiger partial charge in [-0.05, 0) is 50.4 Å². The fourth-order valence-electron chi connectivity index (χ4n) is 6.78. The van der Waals surface area contributed by atoms with Gasteiger partial charge in [0.2, 0.25) is 0 Å². The first kappa shape index (κ1) is 25.6. The third-order valence-corrected chi connectivity index (χ3v) is 8.89. The first-order valence-corrected chi connectivity index (χ1v) is 13.7. The number of phenolic OH excluding ortho intramolecular Hbond substituents is 2. The monoisotopic (exact) mass is 472 g/mol. The molecule has 0 bridgehead atoms. The van der Waals surface area contributed by atoms with Crippen LogP contribution in [0.2, 0.25) is 0 Å². The number of rotatable bonds is 6. The highest BCUT2D eigenvalue weighted by molar-refractivity contribution is 5.58. The molecule has 0 unspecified atom stereocenters. The van der Waals surface area contributed by atoms with Crippen LogP contribution in [0.4, 0.5) is 0 Å². The molecule has 4 rings (SSSR count). The van der Waals surface area contributed by atoms with E-state index in [1.807, 2.05) is 6.08 Å². The fourth-order valence-corrected chi connectivity index (χ4v) is 6.78. The van der Waals surface area contributed by atoms with E-state index in [2.05, 4.69) is 64.6 Å². The molecule has 2 aromatic carbocycles. The summed E-state index contributed by atoms with van der Waals surface area (Å²) in [4.78, 5) is 0. The van der Waals surface area contributed by atoms with Crippen molar-refractivity contribution in [1.82, 2.24) is 0 Å². The molecule has 0 aliphatic heterocycles. The molecular formula is C33H44O2. The van der Waals surface area contributed by atoms with Crippen LogP contribution in [0.15, 0.2) is 49.1 Å². The van der Waals surface area contributed by atoms with Crippen LogP contribution < -0.4 is 0 Å². The molecular weight excluding hydrogens is 428 g/mol. The Bertz CT molecular complexity index is 1020. The largest absolute Gasteiger partial charge is 0.507 e. The molecule has 2 aromatic rings. The predicted octanol–water partition coefficient (Wildman–Crippen LogP) is 9.03. The highest BCUT2D eigenvalue weighted by Crippen LogP contribution is 2.50. The van der Waals surface area contributed by atoms with Gasteiger partial charge < -0.3 is 10.2 Å². The average molecular weight is 473 g/mol. The lowest BCUT2D eigenvalue weighted by atomic mass is 9.68. The van der Waals surface area contributed by atoms with Gasteiger partial charge >= 0.3 is 0 Å². The Morgan fingerprint density at radius 3 is 1.49 bits per heavy atom. The number of hydrogen-bond donors (Lipinski definition) is 2. The standard InChI is InChI=1S/C33H44O2/c1-6-7-14-25(26-19-23(2)21-28(30(26)34)32(4)15-10-8-11-16-32)27-20-24(3)22-29(31(27)35)33(5)17-12-9-13-18-33/h6-7,14,19-22,25,34-35H,1,8-13,15-18H2,2-5H3/b14-7+. The number of benzene rings is 2. The lowest BCUT2D eigenvalue weighted by Gasteiger charge is -2.37. The summed E-state index contributed by atoms with van der Waals surface area (Å²) >= 11 is 0. The lowest BCUT2D eigenvalue weighted by molar-refractivity contribution is 0.306. The Labute approximate surface area is 212 Å². The Balaban J connectivity index is 1.89. The maximum absolute atomic E-state index is 11.7. The molecule has 188 valence electrons. The highest BCUT2D eigenvalue weighted by atomic mass is 16.3. The zero-order chi connectivity index (χ0) is 25.2. The zero-order valence-corrected chi connectivity index (χ0v) is 22.3. The second-order valence-corrected chi connectivity index (χ2v) is 11.8. The van der Waals surface area contributed by atoms with Gasteiger partial charge in [0, 0.05) is 28.2 Å². The van der Waals surface area contributed by atoms with Gasteiger partial charge in [-0.3, -0.25) is 0 Å². The van der Waals surface area contributed by atoms with Crippen molar-refractivity contribution in [3.63, 3.8) is 0 Å². The third kappa shape index (κ3) is 5.08. The van der Waals surface area contributed by atoms with E-state index >= 15 is 0 Å². The van der Waals surface area contributed by atoms with Crippen molar-refractivity contribution in [2.75, 3.05) is 0 Å². The Morgan fingerprint density at radius 2 is 1.11 bits per heavy atom. The number of aryl methyl sites for hydroxylation is 2. The minimum atomic E-state index is -0.246. The van der Waals surface area contributed by atoms with Gasteiger partial charge in [-0.15, -0.1) is 0 Å². The van der Waals surface area contributed by atoms with E-state index in [1.165, 1.54) is 38.5 Å². The fraction of sp³-hybridized carbons (Fsp3) is 0.515. The first-order chi connectivity index (χ1) is 16.7. The molecule has 2 heteroatoms. The molecule has 0 aromatic heterocycles. The molecule has 2 nitrogen and oxygen atoms in total. The van der Waals surface area contributed by atoms with E-state index in [4.69, 9.17) is 0 Å². The topological polar surface area (TPSA) is 40.5 Å². The summed E-state index contributed by atoms with van der Waals surface area (Å²) in [6.45, 7) is 12.8. The van der Waals surface area contributed by atoms with E-state index in [1.54, 1.807) is 6.08 Å². The second-order valence-electron chi connectivity index (χ2n) is 11.8. The van der Waals surface area contributed by atoms with Gasteiger partial charge in [-0.2, -0.15) is 0 Å². The Kier molecular flexibility index (Phi) is 7.50. The van der Waals surface area contributed by atoms with Crippen molar-refractivity contribution < 1.29 is 10.2 Å². The number of allylic oxidation sites excluding steroid dienone is 3. The molecule has 0 amide bonds. The van der Waals surface area contributed by atoms with Crippen molar-refractivity contribution in [1.29, 1.82) is 0 Å². The molecule has 0 atom stereocenters. The maximum atomic E-state index is 11.7. The number of hydrogen-bond acceptors (Lipinski definition) is 2. The smallest absolute Gasteiger partial charge is 0.123 e. The van der Waals surface area contributed by atoms with Gasteiger partial charge in [0.1, 0.15) is 11.5 Å². The van der Waals surface area contributed by atoms with E-state index in [0.29, 0.717) is 11.5 Å². The van der Waals surface area contributed by atoms with Crippen molar-refractivity contribution in [2.45, 2.75) is 109 Å². The third-order valence-electron chi connectivity index (χ3n) is 8.89. The van der Waals surface area contributed by atoms with Crippen molar-refractivity contribution in [3.8, 4) is 11.5 Å². The van der Waals surface area contributed by atoms with E-state index < -0.39 is 0 Å². The summed E-state index contributed by atoms with van der Waals surface area (Å²) in [6, 6.07) is 8.58. The van der Waals surface area contributed by atoms with E-state index in [9.17, 15) is 10.2 Å². The van der Waals surface area contributed by atoms with E-state index in [0.717, 1.165) is 59.1 Å². The summed E-state index contributed by atoms with van der Waals surface area (Å²) < 4.78 is 0. The minimum absolute atomic E-state index is 0.00874. The summed E-state index contributed by atoms with van der Waals surface area (Å²) in [6.07, 6.45) is 17.6. The van der Waals surface area contributed by atoms with Gasteiger partial charge in [0.15, 0.2) is 0 Å². The summed E-state index contributed by atoms with van der Waals surface area (Å²) in [7, 11) is 0. The normalized spacial score (nSPS) is 19.8. The number of aromatic hydroxyl groups is 2. The van der Waals surface area contributed by atoms with Crippen LogP contribution in [0.5, 0.6) is 11.5 Å².